The molecule has 1 aliphatic heterocycles. The highest BCUT2D eigenvalue weighted by Crippen LogP contribution is 2.33. The van der Waals surface area contributed by atoms with Crippen molar-refractivity contribution >= 4 is 0 Å². The van der Waals surface area contributed by atoms with Crippen molar-refractivity contribution in [2.75, 3.05) is 27.2 Å². The zero-order chi connectivity index (χ0) is 12.6. The maximum Gasteiger partial charge on any atom is 0.0397 e. The van der Waals surface area contributed by atoms with Crippen molar-refractivity contribution in [3.05, 3.63) is 34.4 Å². The Hall–Kier alpha value is -0.860. The summed E-state index contributed by atoms with van der Waals surface area (Å²) in [5.74, 6) is 0.755. The van der Waals surface area contributed by atoms with Crippen LogP contribution in [0.4, 0.5) is 0 Å². The van der Waals surface area contributed by atoms with E-state index in [4.69, 9.17) is 0 Å². The van der Waals surface area contributed by atoms with Crippen LogP contribution >= 0.6 is 0 Å². The Balaban J connectivity index is 2.39. The third-order valence-corrected chi connectivity index (χ3v) is 4.23. The summed E-state index contributed by atoms with van der Waals surface area (Å²) in [7, 11) is 4.38. The van der Waals surface area contributed by atoms with E-state index in [-0.39, 0.29) is 0 Å². The van der Waals surface area contributed by atoms with Gasteiger partial charge in [-0.1, -0.05) is 12.1 Å². The lowest BCUT2D eigenvalue weighted by Crippen LogP contribution is -2.48. The van der Waals surface area contributed by atoms with Crippen LogP contribution in [0.2, 0.25) is 0 Å². The Bertz CT molecular complexity index is 406. The minimum Gasteiger partial charge on any atom is -0.316 e. The molecule has 1 N–H and O–H groups in total. The van der Waals surface area contributed by atoms with E-state index in [0.717, 1.165) is 19.0 Å². The molecule has 0 spiro atoms. The predicted molar refractivity (Wildman–Crippen MR) is 73.4 cm³/mol. The van der Waals surface area contributed by atoms with Crippen LogP contribution in [0.15, 0.2) is 12.1 Å². The van der Waals surface area contributed by atoms with E-state index in [0.29, 0.717) is 6.04 Å². The number of hydrogen-bond acceptors (Lipinski definition) is 2. The van der Waals surface area contributed by atoms with E-state index < -0.39 is 0 Å². The molecule has 1 heterocycles. The second kappa shape index (κ2) is 4.79. The fourth-order valence-electron chi connectivity index (χ4n) is 2.79. The van der Waals surface area contributed by atoms with E-state index in [1.165, 1.54) is 22.3 Å². The van der Waals surface area contributed by atoms with Gasteiger partial charge in [-0.2, -0.15) is 0 Å². The lowest BCUT2D eigenvalue weighted by atomic mass is 9.84. The van der Waals surface area contributed by atoms with Gasteiger partial charge in [-0.3, -0.25) is 0 Å². The lowest BCUT2D eigenvalue weighted by Gasteiger charge is -2.39. The number of aryl methyl sites for hydroxylation is 1. The summed E-state index contributed by atoms with van der Waals surface area (Å²) in [6.07, 6.45) is 0. The van der Waals surface area contributed by atoms with Gasteiger partial charge in [0.25, 0.3) is 0 Å². The SMILES string of the molecule is Cc1ccc(C(C2CNC2)N(C)C)c(C)c1C. The van der Waals surface area contributed by atoms with Gasteiger partial charge in [-0.05, 0) is 57.1 Å². The van der Waals surface area contributed by atoms with Crippen molar-refractivity contribution in [2.45, 2.75) is 26.8 Å². The van der Waals surface area contributed by atoms with Gasteiger partial charge in [-0.25, -0.2) is 0 Å². The number of hydrogen-bond donors (Lipinski definition) is 1. The van der Waals surface area contributed by atoms with E-state index in [2.05, 4.69) is 57.2 Å². The lowest BCUT2D eigenvalue weighted by molar-refractivity contribution is 0.160. The summed E-state index contributed by atoms with van der Waals surface area (Å²) in [4.78, 5) is 2.36. The summed E-state index contributed by atoms with van der Waals surface area (Å²) in [5.41, 5.74) is 5.82. The van der Waals surface area contributed by atoms with Gasteiger partial charge >= 0.3 is 0 Å². The smallest absolute Gasteiger partial charge is 0.0397 e. The first kappa shape index (κ1) is 12.6. The summed E-state index contributed by atoms with van der Waals surface area (Å²) in [6, 6.07) is 5.14. The number of rotatable bonds is 3. The molecule has 0 amide bonds. The second-order valence-electron chi connectivity index (χ2n) is 5.55. The van der Waals surface area contributed by atoms with Gasteiger partial charge in [0.05, 0.1) is 0 Å². The maximum atomic E-state index is 3.39. The van der Waals surface area contributed by atoms with Crippen molar-refractivity contribution < 1.29 is 0 Å². The standard InChI is InChI=1S/C15H24N2/c1-10-6-7-14(12(3)11(10)2)15(17(4)5)13-8-16-9-13/h6-7,13,15-16H,8-9H2,1-5H3. The third kappa shape index (κ3) is 2.24. The molecular formula is C15H24N2. The molecule has 1 fully saturated rings. The maximum absolute atomic E-state index is 3.39. The van der Waals surface area contributed by atoms with Gasteiger partial charge in [0, 0.05) is 25.0 Å². The molecule has 0 radical (unpaired) electrons. The molecule has 17 heavy (non-hydrogen) atoms. The largest absolute Gasteiger partial charge is 0.316 e. The van der Waals surface area contributed by atoms with E-state index >= 15 is 0 Å². The minimum absolute atomic E-state index is 0.551. The van der Waals surface area contributed by atoms with Crippen molar-refractivity contribution in [2.24, 2.45) is 5.92 Å². The van der Waals surface area contributed by atoms with Crippen LogP contribution in [0.1, 0.15) is 28.3 Å². The molecular weight excluding hydrogens is 208 g/mol. The first-order chi connectivity index (χ1) is 8.02. The highest BCUT2D eigenvalue weighted by atomic mass is 15.1. The molecule has 1 aromatic carbocycles. The van der Waals surface area contributed by atoms with Crippen molar-refractivity contribution in [3.63, 3.8) is 0 Å². The van der Waals surface area contributed by atoms with Gasteiger partial charge in [-0.15, -0.1) is 0 Å². The predicted octanol–water partition coefficient (Wildman–Crippen LogP) is 2.43. The minimum atomic E-state index is 0.551. The highest BCUT2D eigenvalue weighted by molar-refractivity contribution is 5.40. The van der Waals surface area contributed by atoms with Crippen LogP contribution in [-0.2, 0) is 0 Å². The van der Waals surface area contributed by atoms with Gasteiger partial charge < -0.3 is 10.2 Å². The van der Waals surface area contributed by atoms with Gasteiger partial charge in [0.2, 0.25) is 0 Å². The zero-order valence-corrected chi connectivity index (χ0v) is 11.7. The van der Waals surface area contributed by atoms with E-state index in [1.54, 1.807) is 0 Å². The average molecular weight is 232 g/mol. The Morgan fingerprint density at radius 2 is 1.76 bits per heavy atom. The molecule has 1 atom stereocenters. The Morgan fingerprint density at radius 1 is 1.12 bits per heavy atom. The Kier molecular flexibility index (Phi) is 3.55. The van der Waals surface area contributed by atoms with Gasteiger partial charge in [0.1, 0.15) is 0 Å². The molecule has 0 saturated carbocycles. The fraction of sp³-hybridized carbons (Fsp3) is 0.600. The molecule has 0 bridgehead atoms. The van der Waals surface area contributed by atoms with Crippen LogP contribution < -0.4 is 5.32 Å². The first-order valence-corrected chi connectivity index (χ1v) is 6.46. The molecule has 2 heteroatoms. The van der Waals surface area contributed by atoms with Crippen molar-refractivity contribution in [3.8, 4) is 0 Å². The molecule has 1 aromatic rings. The van der Waals surface area contributed by atoms with E-state index in [1.807, 2.05) is 0 Å². The summed E-state index contributed by atoms with van der Waals surface area (Å²) < 4.78 is 0. The Labute approximate surface area is 105 Å². The molecule has 0 aliphatic carbocycles. The summed E-state index contributed by atoms with van der Waals surface area (Å²) >= 11 is 0. The van der Waals surface area contributed by atoms with Crippen molar-refractivity contribution in [1.82, 2.24) is 10.2 Å². The highest BCUT2D eigenvalue weighted by Gasteiger charge is 2.30. The number of nitrogens with one attached hydrogen (secondary N) is 1. The van der Waals surface area contributed by atoms with Crippen LogP contribution in [0.25, 0.3) is 0 Å². The molecule has 1 aliphatic rings. The van der Waals surface area contributed by atoms with Crippen LogP contribution in [0.5, 0.6) is 0 Å². The number of nitrogens with zero attached hydrogens (tertiary/aromatic N) is 1. The second-order valence-corrected chi connectivity index (χ2v) is 5.55. The summed E-state index contributed by atoms with van der Waals surface area (Å²) in [5, 5.41) is 3.39. The zero-order valence-electron chi connectivity index (χ0n) is 11.7. The number of benzene rings is 1. The average Bonchev–Trinajstić information content (AvgIpc) is 2.21. The monoisotopic (exact) mass is 232 g/mol. The van der Waals surface area contributed by atoms with Crippen LogP contribution in [-0.4, -0.2) is 32.1 Å². The molecule has 1 unspecified atom stereocenters. The molecule has 94 valence electrons. The van der Waals surface area contributed by atoms with Gasteiger partial charge in [0.15, 0.2) is 0 Å². The first-order valence-electron chi connectivity index (χ1n) is 6.46. The Morgan fingerprint density at radius 3 is 2.24 bits per heavy atom. The van der Waals surface area contributed by atoms with Crippen molar-refractivity contribution in [1.29, 1.82) is 0 Å². The normalized spacial score (nSPS) is 18.2. The fourth-order valence-corrected chi connectivity index (χ4v) is 2.79. The topological polar surface area (TPSA) is 15.3 Å². The van der Waals surface area contributed by atoms with E-state index in [9.17, 15) is 0 Å². The third-order valence-electron chi connectivity index (χ3n) is 4.23. The molecule has 2 rings (SSSR count). The quantitative estimate of drug-likeness (QED) is 0.861. The molecule has 2 nitrogen and oxygen atoms in total. The van der Waals surface area contributed by atoms with Crippen LogP contribution in [0, 0.1) is 26.7 Å². The molecule has 0 aromatic heterocycles. The molecule has 1 saturated heterocycles. The summed E-state index contributed by atoms with van der Waals surface area (Å²) in [6.45, 7) is 8.99. The van der Waals surface area contributed by atoms with Crippen LogP contribution in [0.3, 0.4) is 0 Å².